The van der Waals surface area contributed by atoms with Crippen molar-refractivity contribution in [2.45, 2.75) is 31.8 Å². The highest BCUT2D eigenvalue weighted by Gasteiger charge is 2.37. The van der Waals surface area contributed by atoms with Crippen molar-refractivity contribution in [2.24, 2.45) is 0 Å². The number of carbonyl (C=O) groups excluding carboxylic acids is 1. The molecule has 4 rings (SSSR count). The maximum Gasteiger partial charge on any atom is 0.411 e. The minimum Gasteiger partial charge on any atom is -0.508 e. The number of rotatable bonds is 6. The number of aromatic hydroxyl groups is 1. The summed E-state index contributed by atoms with van der Waals surface area (Å²) in [5, 5.41) is 20.0. The molecule has 0 aliphatic heterocycles. The zero-order valence-corrected chi connectivity index (χ0v) is 18.2. The largest absolute Gasteiger partial charge is 0.508 e. The molecule has 7 heteroatoms. The lowest BCUT2D eigenvalue weighted by Gasteiger charge is -2.32. The lowest BCUT2D eigenvalue weighted by molar-refractivity contribution is -0.143. The molecule has 1 unspecified atom stereocenters. The Kier molecular flexibility index (Phi) is 6.05. The second-order valence-corrected chi connectivity index (χ2v) is 8.25. The fourth-order valence-electron chi connectivity index (χ4n) is 4.43. The van der Waals surface area contributed by atoms with Gasteiger partial charge in [0, 0.05) is 17.5 Å². The Labute approximate surface area is 190 Å². The molecule has 3 aromatic carbocycles. The Morgan fingerprint density at radius 3 is 2.12 bits per heavy atom. The number of ether oxygens (including phenoxy) is 1. The molecule has 0 heterocycles. The molecule has 1 amide bonds. The van der Waals surface area contributed by atoms with E-state index in [0.717, 1.165) is 45.4 Å². The summed E-state index contributed by atoms with van der Waals surface area (Å²) in [6.07, 6.45) is -0.858. The number of aliphatic carboxylic acids is 1. The van der Waals surface area contributed by atoms with E-state index < -0.39 is 35.7 Å². The van der Waals surface area contributed by atoms with Crippen molar-refractivity contribution in [1.29, 1.82) is 0 Å². The van der Waals surface area contributed by atoms with Crippen LogP contribution in [0, 0.1) is 5.82 Å². The summed E-state index contributed by atoms with van der Waals surface area (Å²) in [6.45, 7) is 3.28. The molecular weight excluding hydrogens is 425 g/mol. The van der Waals surface area contributed by atoms with Crippen molar-refractivity contribution in [1.82, 2.24) is 4.90 Å². The first kappa shape index (κ1) is 22.3. The van der Waals surface area contributed by atoms with Crippen LogP contribution >= 0.6 is 0 Å². The molecule has 0 radical (unpaired) electrons. The van der Waals surface area contributed by atoms with Gasteiger partial charge in [-0.15, -0.1) is 0 Å². The molecular formula is C26H24FNO5. The summed E-state index contributed by atoms with van der Waals surface area (Å²) < 4.78 is 19.5. The molecule has 0 fully saturated rings. The van der Waals surface area contributed by atoms with E-state index in [1.807, 2.05) is 48.5 Å². The molecule has 1 atom stereocenters. The molecule has 0 aromatic heterocycles. The van der Waals surface area contributed by atoms with Crippen LogP contribution in [0.1, 0.15) is 42.5 Å². The standard InChI is InChI=1S/C26H24FNO5/c1-15(2)28(24(25(30)31)21-13-16(27)11-12-23(21)29)26(32)33-14-22-19-9-5-3-7-17(19)18-8-4-6-10-20(18)22/h3-13,15,22,24,29H,14H2,1-2H3,(H,30,31). The first-order chi connectivity index (χ1) is 15.8. The molecule has 0 saturated heterocycles. The Hall–Kier alpha value is -3.87. The monoisotopic (exact) mass is 449 g/mol. The maximum atomic E-state index is 13.8. The van der Waals surface area contributed by atoms with Crippen LogP contribution < -0.4 is 0 Å². The van der Waals surface area contributed by atoms with E-state index in [-0.39, 0.29) is 18.1 Å². The zero-order chi connectivity index (χ0) is 23.7. The third-order valence-corrected chi connectivity index (χ3v) is 5.90. The number of phenolic OH excluding ortho intramolecular Hbond substituents is 1. The van der Waals surface area contributed by atoms with E-state index in [1.54, 1.807) is 13.8 Å². The second-order valence-electron chi connectivity index (χ2n) is 8.25. The normalized spacial score (nSPS) is 13.3. The topological polar surface area (TPSA) is 87.1 Å². The number of phenols is 1. The number of benzene rings is 3. The Morgan fingerprint density at radius 2 is 1.58 bits per heavy atom. The van der Waals surface area contributed by atoms with Gasteiger partial charge in [-0.3, -0.25) is 4.90 Å². The number of carboxylic acids is 1. The Balaban J connectivity index is 1.62. The van der Waals surface area contributed by atoms with E-state index in [2.05, 4.69) is 0 Å². The van der Waals surface area contributed by atoms with Crippen molar-refractivity contribution >= 4 is 12.1 Å². The van der Waals surface area contributed by atoms with Crippen LogP contribution in [0.2, 0.25) is 0 Å². The molecule has 1 aliphatic carbocycles. The highest BCUT2D eigenvalue weighted by atomic mass is 19.1. The van der Waals surface area contributed by atoms with Gasteiger partial charge in [0.1, 0.15) is 18.2 Å². The van der Waals surface area contributed by atoms with E-state index in [1.165, 1.54) is 0 Å². The van der Waals surface area contributed by atoms with Crippen LogP contribution in [0.15, 0.2) is 66.7 Å². The third-order valence-electron chi connectivity index (χ3n) is 5.90. The zero-order valence-electron chi connectivity index (χ0n) is 18.2. The number of amides is 1. The van der Waals surface area contributed by atoms with Gasteiger partial charge in [0.15, 0.2) is 6.04 Å². The summed E-state index contributed by atoms with van der Waals surface area (Å²) in [6, 6.07) is 16.6. The number of hydrogen-bond donors (Lipinski definition) is 2. The molecule has 1 aliphatic rings. The summed E-state index contributed by atoms with van der Waals surface area (Å²) in [5.41, 5.74) is 3.98. The molecule has 33 heavy (non-hydrogen) atoms. The summed E-state index contributed by atoms with van der Waals surface area (Å²) in [7, 11) is 0. The maximum absolute atomic E-state index is 13.8. The molecule has 0 bridgehead atoms. The third kappa shape index (κ3) is 4.14. The van der Waals surface area contributed by atoms with Gasteiger partial charge in [0.05, 0.1) is 0 Å². The van der Waals surface area contributed by atoms with Crippen LogP contribution in [0.25, 0.3) is 11.1 Å². The minimum absolute atomic E-state index is 0.0115. The quantitative estimate of drug-likeness (QED) is 0.532. The van der Waals surface area contributed by atoms with Crippen molar-refractivity contribution < 1.29 is 28.9 Å². The number of nitrogens with zero attached hydrogens (tertiary/aromatic N) is 1. The molecule has 170 valence electrons. The van der Waals surface area contributed by atoms with Crippen LogP contribution in [-0.2, 0) is 9.53 Å². The number of hydrogen-bond acceptors (Lipinski definition) is 4. The van der Waals surface area contributed by atoms with Crippen LogP contribution in [0.5, 0.6) is 5.75 Å². The predicted octanol–water partition coefficient (Wildman–Crippen LogP) is 5.32. The van der Waals surface area contributed by atoms with Gasteiger partial charge in [-0.05, 0) is 54.3 Å². The fraction of sp³-hybridized carbons (Fsp3) is 0.231. The lowest BCUT2D eigenvalue weighted by Crippen LogP contribution is -2.44. The van der Waals surface area contributed by atoms with Gasteiger partial charge in [-0.25, -0.2) is 14.0 Å². The summed E-state index contributed by atoms with van der Waals surface area (Å²) in [5.74, 6) is -2.73. The first-order valence-corrected chi connectivity index (χ1v) is 10.6. The fourth-order valence-corrected chi connectivity index (χ4v) is 4.43. The van der Waals surface area contributed by atoms with Crippen molar-refractivity contribution in [3.63, 3.8) is 0 Å². The van der Waals surface area contributed by atoms with Gasteiger partial charge in [-0.2, -0.15) is 0 Å². The second kappa shape index (κ2) is 8.94. The average molecular weight is 449 g/mol. The minimum atomic E-state index is -1.61. The highest BCUT2D eigenvalue weighted by molar-refractivity contribution is 5.83. The van der Waals surface area contributed by atoms with E-state index in [9.17, 15) is 24.2 Å². The van der Waals surface area contributed by atoms with Gasteiger partial charge in [0.2, 0.25) is 0 Å². The van der Waals surface area contributed by atoms with Crippen LogP contribution in [0.3, 0.4) is 0 Å². The molecule has 0 spiro atoms. The predicted molar refractivity (Wildman–Crippen MR) is 120 cm³/mol. The van der Waals surface area contributed by atoms with E-state index >= 15 is 0 Å². The molecule has 2 N–H and O–H groups in total. The van der Waals surface area contributed by atoms with E-state index in [0.29, 0.717) is 0 Å². The summed E-state index contributed by atoms with van der Waals surface area (Å²) in [4.78, 5) is 26.3. The van der Waals surface area contributed by atoms with Gasteiger partial charge >= 0.3 is 12.1 Å². The van der Waals surface area contributed by atoms with Crippen LogP contribution in [0.4, 0.5) is 9.18 Å². The van der Waals surface area contributed by atoms with Gasteiger partial charge in [-0.1, -0.05) is 48.5 Å². The van der Waals surface area contributed by atoms with E-state index in [4.69, 9.17) is 4.74 Å². The summed E-state index contributed by atoms with van der Waals surface area (Å²) >= 11 is 0. The Bertz CT molecular complexity index is 1160. The lowest BCUT2D eigenvalue weighted by atomic mass is 9.98. The van der Waals surface area contributed by atoms with Crippen molar-refractivity contribution in [2.75, 3.05) is 6.61 Å². The Morgan fingerprint density at radius 1 is 1.00 bits per heavy atom. The molecule has 3 aromatic rings. The highest BCUT2D eigenvalue weighted by Crippen LogP contribution is 2.44. The number of carbonyl (C=O) groups is 2. The van der Waals surface area contributed by atoms with Crippen molar-refractivity contribution in [3.8, 4) is 16.9 Å². The SMILES string of the molecule is CC(C)N(C(=O)OCC1c2ccccc2-c2ccccc21)C(C(=O)O)c1cc(F)ccc1O. The van der Waals surface area contributed by atoms with Gasteiger partial charge in [0.25, 0.3) is 0 Å². The van der Waals surface area contributed by atoms with Gasteiger partial charge < -0.3 is 14.9 Å². The molecule has 0 saturated carbocycles. The molecule has 6 nitrogen and oxygen atoms in total. The first-order valence-electron chi connectivity index (χ1n) is 10.6. The average Bonchev–Trinajstić information content (AvgIpc) is 3.11. The number of fused-ring (bicyclic) bond motifs is 3. The number of carboxylic acid groups (broad SMARTS) is 1. The smallest absolute Gasteiger partial charge is 0.411 e. The van der Waals surface area contributed by atoms with Crippen molar-refractivity contribution in [3.05, 3.63) is 89.2 Å². The number of halogens is 1. The van der Waals surface area contributed by atoms with Crippen LogP contribution in [-0.4, -0.2) is 39.8 Å².